The number of rotatable bonds is 8. The maximum atomic E-state index is 12.4. The highest BCUT2D eigenvalue weighted by Crippen LogP contribution is 2.29. The highest BCUT2D eigenvalue weighted by Gasteiger charge is 2.27. The Morgan fingerprint density at radius 2 is 1.46 bits per heavy atom. The molecule has 3 atom stereocenters. The predicted molar refractivity (Wildman–Crippen MR) is 99.6 cm³/mol. The molecule has 2 rings (SSSR count). The summed E-state index contributed by atoms with van der Waals surface area (Å²) in [5.74, 6) is 0.743. The van der Waals surface area contributed by atoms with Crippen LogP contribution in [0.1, 0.15) is 42.3 Å². The van der Waals surface area contributed by atoms with E-state index in [1.54, 1.807) is 50.6 Å². The van der Waals surface area contributed by atoms with E-state index in [4.69, 9.17) is 14.2 Å². The third-order valence-electron chi connectivity index (χ3n) is 4.53. The first-order valence-corrected chi connectivity index (χ1v) is 8.67. The third-order valence-corrected chi connectivity index (χ3v) is 4.53. The van der Waals surface area contributed by atoms with Crippen LogP contribution in [0.5, 0.6) is 11.5 Å². The summed E-state index contributed by atoms with van der Waals surface area (Å²) in [6.45, 7) is 3.81. The number of esters is 1. The summed E-state index contributed by atoms with van der Waals surface area (Å²) >= 11 is 0. The van der Waals surface area contributed by atoms with Gasteiger partial charge in [0.1, 0.15) is 17.6 Å². The molecule has 0 aromatic heterocycles. The molecule has 5 heteroatoms. The largest absolute Gasteiger partial charge is 0.497 e. The topological polar surface area (TPSA) is 65.0 Å². The van der Waals surface area contributed by atoms with E-state index in [0.29, 0.717) is 17.7 Å². The number of methoxy groups -OCH3 is 2. The highest BCUT2D eigenvalue weighted by atomic mass is 16.5. The van der Waals surface area contributed by atoms with Gasteiger partial charge in [0.15, 0.2) is 0 Å². The average molecular weight is 358 g/mol. The van der Waals surface area contributed by atoms with E-state index >= 15 is 0 Å². The third kappa shape index (κ3) is 4.76. The molecule has 0 saturated heterocycles. The molecule has 0 radical (unpaired) electrons. The van der Waals surface area contributed by atoms with E-state index in [1.807, 2.05) is 26.0 Å². The second-order valence-electron chi connectivity index (χ2n) is 6.16. The van der Waals surface area contributed by atoms with Crippen molar-refractivity contribution in [2.24, 2.45) is 5.92 Å². The number of hydrogen-bond acceptors (Lipinski definition) is 5. The lowest BCUT2D eigenvalue weighted by atomic mass is 9.91. The molecule has 0 spiro atoms. The molecule has 1 N–H and O–H groups in total. The van der Waals surface area contributed by atoms with Gasteiger partial charge in [0.2, 0.25) is 0 Å². The minimum atomic E-state index is -0.741. The number of hydrogen-bond donors (Lipinski definition) is 1. The monoisotopic (exact) mass is 358 g/mol. The average Bonchev–Trinajstić information content (AvgIpc) is 2.70. The molecule has 0 fully saturated rings. The van der Waals surface area contributed by atoms with Crippen LogP contribution < -0.4 is 9.47 Å². The lowest BCUT2D eigenvalue weighted by Crippen LogP contribution is -2.29. The van der Waals surface area contributed by atoms with E-state index in [0.717, 1.165) is 11.3 Å². The Morgan fingerprint density at radius 1 is 0.962 bits per heavy atom. The van der Waals surface area contributed by atoms with E-state index < -0.39 is 18.2 Å². The molecule has 2 aromatic rings. The van der Waals surface area contributed by atoms with Crippen molar-refractivity contribution in [3.8, 4) is 11.5 Å². The molecule has 0 aliphatic heterocycles. The van der Waals surface area contributed by atoms with Crippen LogP contribution in [-0.2, 0) is 4.74 Å². The fraction of sp³-hybridized carbons (Fsp3) is 0.381. The van der Waals surface area contributed by atoms with Gasteiger partial charge in [0.25, 0.3) is 0 Å². The van der Waals surface area contributed by atoms with Crippen molar-refractivity contribution >= 4 is 5.97 Å². The molecule has 0 amide bonds. The first-order valence-electron chi connectivity index (χ1n) is 8.67. The molecule has 0 aliphatic carbocycles. The Balaban J connectivity index is 2.06. The van der Waals surface area contributed by atoms with Crippen LogP contribution >= 0.6 is 0 Å². The Kier molecular flexibility index (Phi) is 7.04. The molecular formula is C21H26O5. The van der Waals surface area contributed by atoms with Crippen molar-refractivity contribution < 1.29 is 24.1 Å². The first-order chi connectivity index (χ1) is 12.5. The molecule has 0 aliphatic rings. The number of aliphatic hydroxyl groups excluding tert-OH is 1. The summed E-state index contributed by atoms with van der Waals surface area (Å²) in [4.78, 5) is 12.4. The summed E-state index contributed by atoms with van der Waals surface area (Å²) in [5, 5.41) is 10.7. The molecule has 5 nitrogen and oxygen atoms in total. The van der Waals surface area contributed by atoms with E-state index in [1.165, 1.54) is 0 Å². The molecule has 140 valence electrons. The van der Waals surface area contributed by atoms with Crippen molar-refractivity contribution in [3.63, 3.8) is 0 Å². The molecule has 2 aromatic carbocycles. The fourth-order valence-corrected chi connectivity index (χ4v) is 2.80. The van der Waals surface area contributed by atoms with Crippen LogP contribution in [-0.4, -0.2) is 31.4 Å². The van der Waals surface area contributed by atoms with Crippen molar-refractivity contribution in [1.82, 2.24) is 0 Å². The van der Waals surface area contributed by atoms with Crippen molar-refractivity contribution in [3.05, 3.63) is 59.7 Å². The smallest absolute Gasteiger partial charge is 0.338 e. The molecule has 0 unspecified atom stereocenters. The normalized spacial score (nSPS) is 14.2. The van der Waals surface area contributed by atoms with Gasteiger partial charge < -0.3 is 19.3 Å². The van der Waals surface area contributed by atoms with Crippen molar-refractivity contribution in [2.45, 2.75) is 32.5 Å². The van der Waals surface area contributed by atoms with Crippen LogP contribution in [0, 0.1) is 5.92 Å². The maximum Gasteiger partial charge on any atom is 0.338 e. The fourth-order valence-electron chi connectivity index (χ4n) is 2.80. The second kappa shape index (κ2) is 9.25. The van der Waals surface area contributed by atoms with E-state index in [-0.39, 0.29) is 5.92 Å². The SMILES string of the molecule is CC[C@H](OC(=O)c1ccc(OC)cc1)[C@@H](C)[C@@H](O)c1ccc(OC)cc1. The Morgan fingerprint density at radius 3 is 1.92 bits per heavy atom. The Hall–Kier alpha value is -2.53. The van der Waals surface area contributed by atoms with Crippen LogP contribution in [0.25, 0.3) is 0 Å². The van der Waals surface area contributed by atoms with Crippen LogP contribution in [0.15, 0.2) is 48.5 Å². The molecule has 26 heavy (non-hydrogen) atoms. The Labute approximate surface area is 154 Å². The molecular weight excluding hydrogens is 332 g/mol. The summed E-state index contributed by atoms with van der Waals surface area (Å²) in [6.07, 6.45) is -0.535. The maximum absolute atomic E-state index is 12.4. The van der Waals surface area contributed by atoms with Gasteiger partial charge in [-0.25, -0.2) is 4.79 Å². The summed E-state index contributed by atoms with van der Waals surface area (Å²) in [6, 6.07) is 14.0. The van der Waals surface area contributed by atoms with Gasteiger partial charge in [-0.05, 0) is 48.4 Å². The van der Waals surface area contributed by atoms with Gasteiger partial charge in [-0.3, -0.25) is 0 Å². The van der Waals surface area contributed by atoms with Crippen molar-refractivity contribution in [1.29, 1.82) is 0 Å². The zero-order valence-corrected chi connectivity index (χ0v) is 15.6. The molecule has 0 saturated carbocycles. The standard InChI is InChI=1S/C21H26O5/c1-5-19(26-21(23)16-8-12-18(25-4)13-9-16)14(2)20(22)15-6-10-17(24-3)11-7-15/h6-14,19-20,22H,5H2,1-4H3/t14-,19+,20-/m1/s1. The molecule has 0 bridgehead atoms. The highest BCUT2D eigenvalue weighted by molar-refractivity contribution is 5.89. The van der Waals surface area contributed by atoms with Gasteiger partial charge in [0, 0.05) is 5.92 Å². The minimum Gasteiger partial charge on any atom is -0.497 e. The number of aliphatic hydroxyl groups is 1. The van der Waals surface area contributed by atoms with Gasteiger partial charge in [0.05, 0.1) is 25.9 Å². The van der Waals surface area contributed by atoms with Gasteiger partial charge in [-0.1, -0.05) is 26.0 Å². The first kappa shape index (κ1) is 19.8. The quantitative estimate of drug-likeness (QED) is 0.722. The van der Waals surface area contributed by atoms with Gasteiger partial charge in [-0.15, -0.1) is 0 Å². The van der Waals surface area contributed by atoms with E-state index in [2.05, 4.69) is 0 Å². The zero-order valence-electron chi connectivity index (χ0n) is 15.6. The van der Waals surface area contributed by atoms with Crippen molar-refractivity contribution in [2.75, 3.05) is 14.2 Å². The number of carbonyl (C=O) groups is 1. The minimum absolute atomic E-state index is 0.254. The lowest BCUT2D eigenvalue weighted by Gasteiger charge is -2.27. The van der Waals surface area contributed by atoms with E-state index in [9.17, 15) is 9.90 Å². The Bertz CT molecular complexity index is 693. The number of ether oxygens (including phenoxy) is 3. The molecule has 0 heterocycles. The van der Waals surface area contributed by atoms with Crippen LogP contribution in [0.3, 0.4) is 0 Å². The number of carbonyl (C=O) groups excluding carboxylic acids is 1. The van der Waals surface area contributed by atoms with Crippen LogP contribution in [0.2, 0.25) is 0 Å². The van der Waals surface area contributed by atoms with Gasteiger partial charge >= 0.3 is 5.97 Å². The zero-order chi connectivity index (χ0) is 19.1. The number of benzene rings is 2. The second-order valence-corrected chi connectivity index (χ2v) is 6.16. The summed E-state index contributed by atoms with van der Waals surface area (Å²) < 4.78 is 15.9. The summed E-state index contributed by atoms with van der Waals surface area (Å²) in [7, 11) is 3.17. The summed E-state index contributed by atoms with van der Waals surface area (Å²) in [5.41, 5.74) is 1.22. The predicted octanol–water partition coefficient (Wildman–Crippen LogP) is 4.01. The lowest BCUT2D eigenvalue weighted by molar-refractivity contribution is -0.0154. The van der Waals surface area contributed by atoms with Gasteiger partial charge in [-0.2, -0.15) is 0 Å². The van der Waals surface area contributed by atoms with Crippen LogP contribution in [0.4, 0.5) is 0 Å².